The SMILES string of the molecule is CCOC(=O)C1CC2(CCC1O)CC2. The van der Waals surface area contributed by atoms with E-state index in [4.69, 9.17) is 4.74 Å². The van der Waals surface area contributed by atoms with Crippen LogP contribution in [-0.2, 0) is 9.53 Å². The normalized spacial score (nSPS) is 34.1. The molecule has 0 bridgehead atoms. The predicted molar refractivity (Wildman–Crippen MR) is 51.6 cm³/mol. The average molecular weight is 198 g/mol. The molecule has 3 nitrogen and oxygen atoms in total. The summed E-state index contributed by atoms with van der Waals surface area (Å²) in [6.07, 6.45) is 4.69. The highest BCUT2D eigenvalue weighted by Gasteiger charge is 2.50. The van der Waals surface area contributed by atoms with Gasteiger partial charge in [-0.2, -0.15) is 0 Å². The molecule has 1 N–H and O–H groups in total. The Bertz CT molecular complexity index is 233. The van der Waals surface area contributed by atoms with E-state index in [-0.39, 0.29) is 11.9 Å². The standard InChI is InChI=1S/C11H18O3/c1-2-14-10(13)8-7-11(5-6-11)4-3-9(8)12/h8-9,12H,2-7H2,1H3. The molecule has 80 valence electrons. The van der Waals surface area contributed by atoms with E-state index < -0.39 is 6.10 Å². The molecule has 0 radical (unpaired) electrons. The third-order valence-electron chi connectivity index (χ3n) is 3.63. The molecule has 0 aromatic heterocycles. The zero-order valence-electron chi connectivity index (χ0n) is 8.66. The fraction of sp³-hybridized carbons (Fsp3) is 0.909. The molecule has 0 saturated heterocycles. The number of rotatable bonds is 2. The first-order chi connectivity index (χ1) is 6.67. The van der Waals surface area contributed by atoms with Gasteiger partial charge in [-0.25, -0.2) is 0 Å². The molecule has 2 atom stereocenters. The highest BCUT2D eigenvalue weighted by Crippen LogP contribution is 2.57. The number of esters is 1. The maximum absolute atomic E-state index is 11.5. The van der Waals surface area contributed by atoms with Crippen molar-refractivity contribution in [3.05, 3.63) is 0 Å². The molecule has 0 amide bonds. The van der Waals surface area contributed by atoms with Crippen molar-refractivity contribution in [2.45, 2.75) is 45.1 Å². The lowest BCUT2D eigenvalue weighted by Crippen LogP contribution is -2.36. The highest BCUT2D eigenvalue weighted by atomic mass is 16.5. The second-order valence-corrected chi connectivity index (χ2v) is 4.67. The Labute approximate surface area is 84.4 Å². The largest absolute Gasteiger partial charge is 0.466 e. The van der Waals surface area contributed by atoms with Crippen LogP contribution in [0.2, 0.25) is 0 Å². The molecule has 2 aliphatic carbocycles. The second-order valence-electron chi connectivity index (χ2n) is 4.67. The van der Waals surface area contributed by atoms with E-state index in [1.54, 1.807) is 6.92 Å². The number of aliphatic hydroxyl groups is 1. The summed E-state index contributed by atoms with van der Waals surface area (Å²) in [4.78, 5) is 11.5. The van der Waals surface area contributed by atoms with Crippen LogP contribution in [0.1, 0.15) is 39.0 Å². The van der Waals surface area contributed by atoms with Crippen molar-refractivity contribution in [3.8, 4) is 0 Å². The first-order valence-corrected chi connectivity index (χ1v) is 5.51. The Morgan fingerprint density at radius 3 is 2.79 bits per heavy atom. The van der Waals surface area contributed by atoms with Crippen LogP contribution in [0.3, 0.4) is 0 Å². The highest BCUT2D eigenvalue weighted by molar-refractivity contribution is 5.73. The number of hydrogen-bond acceptors (Lipinski definition) is 3. The lowest BCUT2D eigenvalue weighted by Gasteiger charge is -2.31. The van der Waals surface area contributed by atoms with Crippen molar-refractivity contribution >= 4 is 5.97 Å². The van der Waals surface area contributed by atoms with Gasteiger partial charge in [0.1, 0.15) is 0 Å². The minimum Gasteiger partial charge on any atom is -0.466 e. The van der Waals surface area contributed by atoms with E-state index in [1.807, 2.05) is 0 Å². The molecule has 2 saturated carbocycles. The van der Waals surface area contributed by atoms with E-state index in [0.717, 1.165) is 19.3 Å². The van der Waals surface area contributed by atoms with Crippen LogP contribution in [-0.4, -0.2) is 23.8 Å². The van der Waals surface area contributed by atoms with Gasteiger partial charge in [0.2, 0.25) is 0 Å². The number of hydrogen-bond donors (Lipinski definition) is 1. The lowest BCUT2D eigenvalue weighted by atomic mass is 9.77. The molecule has 2 rings (SSSR count). The molecule has 2 fully saturated rings. The smallest absolute Gasteiger partial charge is 0.311 e. The maximum atomic E-state index is 11.5. The van der Waals surface area contributed by atoms with E-state index in [2.05, 4.69) is 0 Å². The van der Waals surface area contributed by atoms with Crippen molar-refractivity contribution < 1.29 is 14.6 Å². The molecule has 0 aliphatic heterocycles. The Balaban J connectivity index is 1.97. The van der Waals surface area contributed by atoms with E-state index >= 15 is 0 Å². The van der Waals surface area contributed by atoms with Crippen molar-refractivity contribution in [1.82, 2.24) is 0 Å². The minimum atomic E-state index is -0.472. The molecule has 3 heteroatoms. The van der Waals surface area contributed by atoms with Crippen LogP contribution < -0.4 is 0 Å². The minimum absolute atomic E-state index is 0.203. The number of aliphatic hydroxyl groups excluding tert-OH is 1. The molecule has 0 aromatic rings. The fourth-order valence-corrected chi connectivity index (χ4v) is 2.48. The van der Waals surface area contributed by atoms with Gasteiger partial charge < -0.3 is 9.84 Å². The molecule has 1 spiro atoms. The first kappa shape index (κ1) is 9.97. The number of ether oxygens (including phenoxy) is 1. The van der Waals surface area contributed by atoms with Crippen LogP contribution in [0.15, 0.2) is 0 Å². The molecule has 2 unspecified atom stereocenters. The number of carbonyl (C=O) groups excluding carboxylic acids is 1. The van der Waals surface area contributed by atoms with Gasteiger partial charge in [0.15, 0.2) is 0 Å². The molecular formula is C11H18O3. The molecular weight excluding hydrogens is 180 g/mol. The summed E-state index contributed by atoms with van der Waals surface area (Å²) in [6.45, 7) is 2.22. The zero-order valence-corrected chi connectivity index (χ0v) is 8.66. The van der Waals surface area contributed by atoms with Crippen molar-refractivity contribution in [2.75, 3.05) is 6.61 Å². The summed E-state index contributed by atoms with van der Waals surface area (Å²) in [5.74, 6) is -0.461. The maximum Gasteiger partial charge on any atom is 0.311 e. The van der Waals surface area contributed by atoms with Crippen LogP contribution in [0.25, 0.3) is 0 Å². The summed E-state index contributed by atoms with van der Waals surface area (Å²) in [7, 11) is 0. The Morgan fingerprint density at radius 1 is 1.50 bits per heavy atom. The van der Waals surface area contributed by atoms with Gasteiger partial charge in [0.05, 0.1) is 18.6 Å². The van der Waals surface area contributed by atoms with Gasteiger partial charge in [-0.05, 0) is 44.4 Å². The summed E-state index contributed by atoms with van der Waals surface area (Å²) in [5.41, 5.74) is 0.399. The Kier molecular flexibility index (Phi) is 2.52. The Hall–Kier alpha value is -0.570. The van der Waals surface area contributed by atoms with Crippen molar-refractivity contribution in [2.24, 2.45) is 11.3 Å². The molecule has 0 aromatic carbocycles. The topological polar surface area (TPSA) is 46.5 Å². The summed E-state index contributed by atoms with van der Waals surface area (Å²) in [5, 5.41) is 9.73. The monoisotopic (exact) mass is 198 g/mol. The molecule has 2 aliphatic rings. The van der Waals surface area contributed by atoms with E-state index in [0.29, 0.717) is 12.0 Å². The van der Waals surface area contributed by atoms with Crippen LogP contribution >= 0.6 is 0 Å². The summed E-state index contributed by atoms with van der Waals surface area (Å²) in [6, 6.07) is 0. The van der Waals surface area contributed by atoms with Gasteiger partial charge in [0.25, 0.3) is 0 Å². The quantitative estimate of drug-likeness (QED) is 0.684. The second kappa shape index (κ2) is 3.54. The Morgan fingerprint density at radius 2 is 2.21 bits per heavy atom. The van der Waals surface area contributed by atoms with Crippen molar-refractivity contribution in [3.63, 3.8) is 0 Å². The summed E-state index contributed by atoms with van der Waals surface area (Å²) < 4.78 is 4.97. The van der Waals surface area contributed by atoms with Gasteiger partial charge in [-0.15, -0.1) is 0 Å². The van der Waals surface area contributed by atoms with Crippen molar-refractivity contribution in [1.29, 1.82) is 0 Å². The van der Waals surface area contributed by atoms with Crippen LogP contribution in [0, 0.1) is 11.3 Å². The third-order valence-corrected chi connectivity index (χ3v) is 3.63. The average Bonchev–Trinajstić information content (AvgIpc) is 2.91. The lowest BCUT2D eigenvalue weighted by molar-refractivity contribution is -0.155. The molecule has 0 heterocycles. The van der Waals surface area contributed by atoms with Gasteiger partial charge >= 0.3 is 5.97 Å². The summed E-state index contributed by atoms with van der Waals surface area (Å²) >= 11 is 0. The van der Waals surface area contributed by atoms with Crippen LogP contribution in [0.5, 0.6) is 0 Å². The van der Waals surface area contributed by atoms with Gasteiger partial charge in [-0.3, -0.25) is 4.79 Å². The van der Waals surface area contributed by atoms with Gasteiger partial charge in [-0.1, -0.05) is 0 Å². The third kappa shape index (κ3) is 1.78. The fourth-order valence-electron chi connectivity index (χ4n) is 2.48. The van der Waals surface area contributed by atoms with Crippen LogP contribution in [0.4, 0.5) is 0 Å². The number of carbonyl (C=O) groups is 1. The van der Waals surface area contributed by atoms with Gasteiger partial charge in [0, 0.05) is 0 Å². The zero-order chi connectivity index (χ0) is 10.2. The van der Waals surface area contributed by atoms with E-state index in [9.17, 15) is 9.90 Å². The van der Waals surface area contributed by atoms with E-state index in [1.165, 1.54) is 12.8 Å². The molecule has 14 heavy (non-hydrogen) atoms. The first-order valence-electron chi connectivity index (χ1n) is 5.51. The predicted octanol–water partition coefficient (Wildman–Crippen LogP) is 1.49.